The first-order valence-corrected chi connectivity index (χ1v) is 40.4. The second-order valence-electron chi connectivity index (χ2n) is 30.7. The molecule has 0 atom stereocenters. The molecule has 0 spiro atoms. The smallest absolute Gasteiger partial charge is 0.510 e. The molecule has 612 valence electrons. The third-order valence-corrected chi connectivity index (χ3v) is 22.5. The van der Waals surface area contributed by atoms with Gasteiger partial charge in [-0.2, -0.15) is 111 Å². The number of fused-ring (bicyclic) bond motifs is 24. The van der Waals surface area contributed by atoms with Gasteiger partial charge in [0.2, 0.25) is 5.78 Å². The van der Waals surface area contributed by atoms with E-state index in [1.54, 1.807) is 0 Å². The number of aryl methyl sites for hydroxylation is 7. The van der Waals surface area contributed by atoms with Crippen LogP contribution in [0.3, 0.4) is 0 Å². The van der Waals surface area contributed by atoms with Gasteiger partial charge in [-0.15, -0.1) is 95.2 Å². The van der Waals surface area contributed by atoms with E-state index in [2.05, 4.69) is 282 Å². The van der Waals surface area contributed by atoms with Crippen molar-refractivity contribution in [1.82, 2.24) is 61.2 Å². The summed E-state index contributed by atoms with van der Waals surface area (Å²) in [6.45, 7) is 18.9. The van der Waals surface area contributed by atoms with Gasteiger partial charge in [0.05, 0.1) is 45.1 Å². The van der Waals surface area contributed by atoms with Crippen LogP contribution in [0.5, 0.6) is 0 Å². The van der Waals surface area contributed by atoms with Crippen LogP contribution in [-0.4, -0.2) is 82.3 Å². The van der Waals surface area contributed by atoms with Crippen LogP contribution in [-0.2, 0) is 67.4 Å². The summed E-state index contributed by atoms with van der Waals surface area (Å²) in [5, 5.41) is 8.04. The summed E-state index contributed by atoms with van der Waals surface area (Å²) in [4.78, 5) is 32.2. The predicted octanol–water partition coefficient (Wildman–Crippen LogP) is 23.0. The first-order chi connectivity index (χ1) is 59.2. The summed E-state index contributed by atoms with van der Waals surface area (Å²) >= 11 is 0. The zero-order valence-electron chi connectivity index (χ0n) is 69.9. The van der Waals surface area contributed by atoms with Gasteiger partial charge in [0, 0.05) is 64.1 Å². The van der Waals surface area contributed by atoms with E-state index >= 15 is 0 Å². The largest absolute Gasteiger partial charge is 3.00 e. The maximum Gasteiger partial charge on any atom is 3.00 e. The topological polar surface area (TPSA) is 98.0 Å². The molecule has 24 rings (SSSR count). The Labute approximate surface area is 761 Å². The van der Waals surface area contributed by atoms with Crippen LogP contribution >= 0.6 is 0 Å². The summed E-state index contributed by atoms with van der Waals surface area (Å²) in [6.07, 6.45) is 18.5. The Kier molecular flexibility index (Phi) is 24.6. The molecule has 21 aromatic rings. The Morgan fingerprint density at radius 1 is 0.306 bits per heavy atom. The third kappa shape index (κ3) is 15.9. The fraction of sp³-hybridized carbons (Fsp3) is 0.0952. The van der Waals surface area contributed by atoms with Crippen molar-refractivity contribution in [1.29, 1.82) is 0 Å². The summed E-state index contributed by atoms with van der Waals surface area (Å²) in [6, 6.07) is 109. The normalized spacial score (nSPS) is 12.8. The van der Waals surface area contributed by atoms with Crippen molar-refractivity contribution < 1.29 is 60.3 Å². The molecule has 3 aliphatic heterocycles. The minimum atomic E-state index is 0. The van der Waals surface area contributed by atoms with E-state index in [1.807, 2.05) is 217 Å². The average Bonchev–Trinajstić information content (AvgIpc) is 1.55. The van der Waals surface area contributed by atoms with Crippen LogP contribution in [0.15, 0.2) is 317 Å². The monoisotopic (exact) mass is 2150 g/mol. The molecule has 0 bridgehead atoms. The fourth-order valence-electron chi connectivity index (χ4n) is 16.9. The van der Waals surface area contributed by atoms with Crippen molar-refractivity contribution in [3.8, 4) is 33.8 Å². The van der Waals surface area contributed by atoms with Crippen LogP contribution in [0.25, 0.3) is 139 Å². The first kappa shape index (κ1) is 84.4. The van der Waals surface area contributed by atoms with E-state index in [0.29, 0.717) is 0 Å². The standard InChI is InChI=1S/C26H20N3.C25H18N3.C24H17N4.3C10H10N2.3Ir/c1-16-9-8-10-17(2)23(16)21-15-29-25(27-21)19-12-5-4-11-18(19)24-20-13-6-7-14-22(20)28(3)26(24)29;1-16-8-7-9-17(2)24(16)20-15-27-23-14-18-10-3-5-12-21(18)28(23)22-13-6-4-11-19(22)25(27)26-20;1-15-8-7-9-16(2)22(15)19-14-27-23(25-19)17-10-3-5-12-20(17)28-21-13-6-4-11-18(21)26-24(27)28;3*1-11-7-8-12(9-11)10-5-3-2-4-6-10;;;/h4-11,13-15H,1-3H3;3-10,12-15H,1-2H3;3-9,11-14H,1-2H3;3*2-5,7-9H,1H3;;;/q3*-1;3*-2;3*+3. The summed E-state index contributed by atoms with van der Waals surface area (Å²) in [7, 11) is 8.14. The molecule has 0 radical (unpaired) electrons. The Morgan fingerprint density at radius 3 is 1.16 bits per heavy atom. The quantitative estimate of drug-likeness (QED) is 0.150. The number of nitrogens with zero attached hydrogens (tertiary/aromatic N) is 16. The van der Waals surface area contributed by atoms with Gasteiger partial charge >= 0.3 is 60.3 Å². The number of pyridine rings is 1. The van der Waals surface area contributed by atoms with E-state index in [4.69, 9.17) is 19.9 Å². The summed E-state index contributed by atoms with van der Waals surface area (Å²) < 4.78 is 13.3. The van der Waals surface area contributed by atoms with Crippen LogP contribution in [0, 0.1) is 97.9 Å². The Hall–Kier alpha value is -13.2. The molecule has 0 saturated carbocycles. The molecule has 12 heterocycles. The van der Waals surface area contributed by atoms with Crippen LogP contribution in [0.4, 0.5) is 17.1 Å². The van der Waals surface area contributed by atoms with Crippen molar-refractivity contribution in [3.05, 3.63) is 406 Å². The maximum atomic E-state index is 5.11. The number of imidazole rings is 4. The maximum absolute atomic E-state index is 5.11. The molecular weight excluding hydrogens is 2060 g/mol. The zero-order valence-corrected chi connectivity index (χ0v) is 77.1. The Balaban J connectivity index is 0.000000114. The summed E-state index contributed by atoms with van der Waals surface area (Å²) in [5.74, 6) is 0.869. The van der Waals surface area contributed by atoms with E-state index in [9.17, 15) is 0 Å². The van der Waals surface area contributed by atoms with Crippen molar-refractivity contribution in [2.75, 3.05) is 35.8 Å². The molecule has 0 N–H and O–H groups in total. The number of benzene rings is 12. The molecule has 19 heteroatoms. The van der Waals surface area contributed by atoms with E-state index in [1.165, 1.54) is 88.3 Å². The van der Waals surface area contributed by atoms with Gasteiger partial charge in [0.1, 0.15) is 11.3 Å². The second kappa shape index (κ2) is 36.1. The molecule has 0 aliphatic carbocycles. The van der Waals surface area contributed by atoms with Crippen molar-refractivity contribution in [3.63, 3.8) is 0 Å². The predicted molar refractivity (Wildman–Crippen MR) is 495 cm³/mol. The molecule has 0 amide bonds. The van der Waals surface area contributed by atoms with Gasteiger partial charge in [0.15, 0.2) is 0 Å². The SMILES string of the molecule is CN1C=CN(c2[c-]cccc2)[CH-]1.CN1C=CN(c2[c-]cccc2)[CH-]1.CN1C=CN(c2[c-]cccc2)[CH-]1.Cc1cccc(C)c1-c1cn2c(n1)c1[c-]cccc1c1c3ccccc3n(C)c12.Cc1cccc(C)c1-c1cn2c(n1)c1[c-]cccc1n1c3ccccc3cc21.Cc1cccc(C)c1-c1cn2c(n1)c1[c-]cccc1n1c3ccccc3nc21.[Ir+3].[Ir+3].[Ir+3]. The van der Waals surface area contributed by atoms with E-state index in [-0.39, 0.29) is 60.3 Å². The summed E-state index contributed by atoms with van der Waals surface area (Å²) in [5.41, 5.74) is 29.0. The van der Waals surface area contributed by atoms with Crippen LogP contribution < -0.4 is 14.7 Å². The molecule has 0 fully saturated rings. The second-order valence-corrected chi connectivity index (χ2v) is 30.7. The van der Waals surface area contributed by atoms with Crippen LogP contribution in [0.1, 0.15) is 33.4 Å². The van der Waals surface area contributed by atoms with Gasteiger partial charge in [-0.05, 0) is 180 Å². The molecule has 0 saturated heterocycles. The molecular formula is C105H85Ir3N16. The minimum absolute atomic E-state index is 0. The third-order valence-electron chi connectivity index (χ3n) is 22.5. The fourth-order valence-corrected chi connectivity index (χ4v) is 16.9. The molecule has 12 aromatic carbocycles. The number of hydrogen-bond acceptors (Lipinski definition) is 10. The molecule has 124 heavy (non-hydrogen) atoms. The first-order valence-electron chi connectivity index (χ1n) is 40.4. The number of para-hydroxylation sites is 7. The van der Waals surface area contributed by atoms with E-state index < -0.39 is 0 Å². The van der Waals surface area contributed by atoms with Crippen molar-refractivity contribution in [2.24, 2.45) is 7.05 Å². The van der Waals surface area contributed by atoms with E-state index in [0.717, 1.165) is 101 Å². The number of rotatable bonds is 6. The van der Waals surface area contributed by atoms with Gasteiger partial charge in [-0.25, -0.2) is 4.98 Å². The molecule has 3 aliphatic rings. The average molecular weight is 2150 g/mol. The zero-order chi connectivity index (χ0) is 82.5. The molecule has 16 nitrogen and oxygen atoms in total. The minimum Gasteiger partial charge on any atom is -0.510 e. The van der Waals surface area contributed by atoms with Gasteiger partial charge < -0.3 is 56.0 Å². The van der Waals surface area contributed by atoms with Gasteiger partial charge in [-0.3, -0.25) is 15.0 Å². The van der Waals surface area contributed by atoms with Gasteiger partial charge in [-0.1, -0.05) is 119 Å². The molecule has 9 aromatic heterocycles. The number of hydrogen-bond donors (Lipinski definition) is 0. The number of aromatic nitrogens is 10. The molecule has 0 unspecified atom stereocenters. The van der Waals surface area contributed by atoms with Crippen molar-refractivity contribution >= 4 is 122 Å². The Morgan fingerprint density at radius 2 is 0.685 bits per heavy atom. The van der Waals surface area contributed by atoms with Crippen LogP contribution in [0.2, 0.25) is 0 Å². The van der Waals surface area contributed by atoms with Crippen molar-refractivity contribution in [2.45, 2.75) is 41.5 Å². The Bertz CT molecular complexity index is 7140. The number of anilines is 3. The van der Waals surface area contributed by atoms with Gasteiger partial charge in [0.25, 0.3) is 0 Å².